The lowest BCUT2D eigenvalue weighted by molar-refractivity contribution is 0.271. The Morgan fingerprint density at radius 1 is 1.53 bits per heavy atom. The normalized spacial score (nSPS) is 16.4. The molecule has 2 N–H and O–H groups in total. The van der Waals surface area contributed by atoms with Gasteiger partial charge in [-0.2, -0.15) is 0 Å². The highest BCUT2D eigenvalue weighted by Gasteiger charge is 2.25. The molecule has 0 amide bonds. The van der Waals surface area contributed by atoms with E-state index in [4.69, 9.17) is 5.11 Å². The molecule has 5 nitrogen and oxygen atoms in total. The van der Waals surface area contributed by atoms with Crippen molar-refractivity contribution in [3.63, 3.8) is 0 Å². The Kier molecular flexibility index (Phi) is 3.56. The van der Waals surface area contributed by atoms with Crippen LogP contribution in [0.3, 0.4) is 0 Å². The Morgan fingerprint density at radius 3 is 2.71 bits per heavy atom. The molecule has 1 aromatic heterocycles. The van der Waals surface area contributed by atoms with Crippen molar-refractivity contribution in [2.75, 3.05) is 6.54 Å². The molecule has 1 aliphatic carbocycles. The number of aliphatic hydroxyl groups excluding tert-OH is 1. The van der Waals surface area contributed by atoms with Crippen LogP contribution in [0, 0.1) is 5.92 Å². The van der Waals surface area contributed by atoms with Gasteiger partial charge in [0.2, 0.25) is 10.0 Å². The number of nitrogens with one attached hydrogen (secondary N) is 1. The maximum absolute atomic E-state index is 12.0. The molecule has 0 aliphatic heterocycles. The Labute approximate surface area is 102 Å². The molecule has 0 saturated heterocycles. The van der Waals surface area contributed by atoms with Gasteiger partial charge in [-0.05, 0) is 31.7 Å². The number of hydrogen-bond donors (Lipinski definition) is 2. The van der Waals surface area contributed by atoms with Crippen molar-refractivity contribution in [1.82, 2.24) is 9.29 Å². The highest BCUT2D eigenvalue weighted by molar-refractivity contribution is 7.89. The molecule has 96 valence electrons. The van der Waals surface area contributed by atoms with Gasteiger partial charge in [-0.25, -0.2) is 13.1 Å². The molecule has 1 aliphatic rings. The van der Waals surface area contributed by atoms with E-state index in [1.54, 1.807) is 10.8 Å². The van der Waals surface area contributed by atoms with Gasteiger partial charge in [-0.3, -0.25) is 0 Å². The molecule has 2 rings (SSSR count). The largest absolute Gasteiger partial charge is 0.390 e. The molecule has 0 unspecified atom stereocenters. The Morgan fingerprint density at radius 2 is 2.24 bits per heavy atom. The zero-order chi connectivity index (χ0) is 12.5. The van der Waals surface area contributed by atoms with Crippen LogP contribution < -0.4 is 4.72 Å². The topological polar surface area (TPSA) is 71.3 Å². The lowest BCUT2D eigenvalue weighted by atomic mass is 10.4. The molecular formula is C11H18N2O3S. The first-order valence-electron chi connectivity index (χ1n) is 5.86. The molecule has 0 spiro atoms. The molecular weight excluding hydrogens is 240 g/mol. The summed E-state index contributed by atoms with van der Waals surface area (Å²) in [6, 6.07) is 1.53. The van der Waals surface area contributed by atoms with Gasteiger partial charge in [0.1, 0.15) is 0 Å². The molecule has 0 aromatic carbocycles. The minimum Gasteiger partial charge on any atom is -0.390 e. The third-order valence-electron chi connectivity index (χ3n) is 3.03. The van der Waals surface area contributed by atoms with Gasteiger partial charge in [0.25, 0.3) is 0 Å². The third kappa shape index (κ3) is 2.88. The van der Waals surface area contributed by atoms with Gasteiger partial charge in [0.05, 0.1) is 11.5 Å². The number of hydrogen-bond acceptors (Lipinski definition) is 3. The van der Waals surface area contributed by atoms with E-state index >= 15 is 0 Å². The summed E-state index contributed by atoms with van der Waals surface area (Å²) >= 11 is 0. The molecule has 0 radical (unpaired) electrons. The maximum Gasteiger partial charge on any atom is 0.242 e. The number of nitrogens with zero attached hydrogens (tertiary/aromatic N) is 1. The average Bonchev–Trinajstić information content (AvgIpc) is 3.03. The molecule has 1 aromatic rings. The van der Waals surface area contributed by atoms with Crippen molar-refractivity contribution < 1.29 is 13.5 Å². The van der Waals surface area contributed by atoms with Crippen molar-refractivity contribution >= 4 is 10.0 Å². The lowest BCUT2D eigenvalue weighted by Crippen LogP contribution is -2.25. The quantitative estimate of drug-likeness (QED) is 0.788. The van der Waals surface area contributed by atoms with Gasteiger partial charge >= 0.3 is 0 Å². The van der Waals surface area contributed by atoms with Crippen LogP contribution in [0.2, 0.25) is 0 Å². The van der Waals surface area contributed by atoms with Crippen LogP contribution in [0.4, 0.5) is 0 Å². The van der Waals surface area contributed by atoms with Gasteiger partial charge in [-0.15, -0.1) is 0 Å². The van der Waals surface area contributed by atoms with E-state index in [9.17, 15) is 8.42 Å². The molecule has 0 atom stereocenters. The predicted molar refractivity (Wildman–Crippen MR) is 63.9 cm³/mol. The first-order chi connectivity index (χ1) is 8.06. The smallest absolute Gasteiger partial charge is 0.242 e. The molecule has 1 heterocycles. The molecule has 1 saturated carbocycles. The summed E-state index contributed by atoms with van der Waals surface area (Å²) < 4.78 is 28.3. The number of rotatable bonds is 6. The number of aryl methyl sites for hydroxylation is 1. The van der Waals surface area contributed by atoms with Crippen LogP contribution in [0.5, 0.6) is 0 Å². The van der Waals surface area contributed by atoms with E-state index in [2.05, 4.69) is 4.72 Å². The fourth-order valence-electron chi connectivity index (χ4n) is 1.73. The Bertz CT molecular complexity index is 467. The predicted octanol–water partition coefficient (Wildman–Crippen LogP) is 0.689. The van der Waals surface area contributed by atoms with Crippen LogP contribution in [-0.2, 0) is 23.2 Å². The zero-order valence-corrected chi connectivity index (χ0v) is 10.7. The summed E-state index contributed by atoms with van der Waals surface area (Å²) in [6.07, 6.45) is 3.79. The molecule has 6 heteroatoms. The highest BCUT2D eigenvalue weighted by Crippen LogP contribution is 2.28. The second-order valence-electron chi connectivity index (χ2n) is 4.41. The van der Waals surface area contributed by atoms with E-state index in [1.165, 1.54) is 6.07 Å². The summed E-state index contributed by atoms with van der Waals surface area (Å²) in [4.78, 5) is 0.240. The van der Waals surface area contributed by atoms with Crippen LogP contribution in [0.25, 0.3) is 0 Å². The van der Waals surface area contributed by atoms with E-state index in [-0.39, 0.29) is 11.5 Å². The first kappa shape index (κ1) is 12.6. The second-order valence-corrected chi connectivity index (χ2v) is 6.17. The molecule has 0 bridgehead atoms. The molecule has 1 fully saturated rings. The van der Waals surface area contributed by atoms with Crippen LogP contribution in [0.1, 0.15) is 25.5 Å². The fraction of sp³-hybridized carbons (Fsp3) is 0.636. The van der Waals surface area contributed by atoms with Crippen molar-refractivity contribution in [3.8, 4) is 0 Å². The summed E-state index contributed by atoms with van der Waals surface area (Å²) in [5.74, 6) is 0.510. The number of aliphatic hydroxyl groups is 1. The van der Waals surface area contributed by atoms with Crippen molar-refractivity contribution in [2.45, 2.75) is 37.8 Å². The van der Waals surface area contributed by atoms with Gasteiger partial charge < -0.3 is 9.67 Å². The van der Waals surface area contributed by atoms with E-state index in [1.807, 2.05) is 6.92 Å². The number of aromatic nitrogens is 1. The van der Waals surface area contributed by atoms with E-state index in [0.29, 0.717) is 24.7 Å². The number of sulfonamides is 1. The fourth-order valence-corrected chi connectivity index (χ4v) is 2.91. The third-order valence-corrected chi connectivity index (χ3v) is 4.42. The Hall–Kier alpha value is -0.850. The maximum atomic E-state index is 12.0. The summed E-state index contributed by atoms with van der Waals surface area (Å²) in [6.45, 7) is 2.93. The SMILES string of the molecule is CCn1cc(S(=O)(=O)NCC2CC2)cc1CO. The van der Waals surface area contributed by atoms with Crippen LogP contribution in [0.15, 0.2) is 17.2 Å². The van der Waals surface area contributed by atoms with Crippen molar-refractivity contribution in [3.05, 3.63) is 18.0 Å². The molecule has 17 heavy (non-hydrogen) atoms. The van der Waals surface area contributed by atoms with Gasteiger partial charge in [0, 0.05) is 25.0 Å². The first-order valence-corrected chi connectivity index (χ1v) is 7.34. The highest BCUT2D eigenvalue weighted by atomic mass is 32.2. The van der Waals surface area contributed by atoms with Crippen molar-refractivity contribution in [1.29, 1.82) is 0 Å². The van der Waals surface area contributed by atoms with Crippen molar-refractivity contribution in [2.24, 2.45) is 5.92 Å². The minimum absolute atomic E-state index is 0.147. The Balaban J connectivity index is 2.16. The summed E-state index contributed by atoms with van der Waals surface area (Å²) in [7, 11) is -3.42. The van der Waals surface area contributed by atoms with Gasteiger partial charge in [0.15, 0.2) is 0 Å². The standard InChI is InChI=1S/C11H18N2O3S/c1-2-13-7-11(5-10(13)8-14)17(15,16)12-6-9-3-4-9/h5,7,9,12,14H,2-4,6,8H2,1H3. The minimum atomic E-state index is -3.42. The van der Waals surface area contributed by atoms with Crippen LogP contribution in [-0.4, -0.2) is 24.6 Å². The summed E-state index contributed by atoms with van der Waals surface area (Å²) in [5, 5.41) is 9.12. The van der Waals surface area contributed by atoms with E-state index in [0.717, 1.165) is 12.8 Å². The van der Waals surface area contributed by atoms with Crippen LogP contribution >= 0.6 is 0 Å². The van der Waals surface area contributed by atoms with E-state index < -0.39 is 10.0 Å². The summed E-state index contributed by atoms with van der Waals surface area (Å²) in [5.41, 5.74) is 0.624. The monoisotopic (exact) mass is 258 g/mol. The average molecular weight is 258 g/mol. The lowest BCUT2D eigenvalue weighted by Gasteiger charge is -2.03. The second kappa shape index (κ2) is 4.80. The zero-order valence-electron chi connectivity index (χ0n) is 9.89. The van der Waals surface area contributed by atoms with Gasteiger partial charge in [-0.1, -0.05) is 0 Å².